The molecular weight excluding hydrogens is 264 g/mol. The molecule has 0 unspecified atom stereocenters. The van der Waals surface area contributed by atoms with Crippen molar-refractivity contribution in [2.24, 2.45) is 0 Å². The lowest BCUT2D eigenvalue weighted by molar-refractivity contribution is 0.0963. The van der Waals surface area contributed by atoms with Crippen LogP contribution in [0.4, 0.5) is 0 Å². The van der Waals surface area contributed by atoms with Gasteiger partial charge in [0.2, 0.25) is 0 Å². The number of aromatic nitrogens is 1. The van der Waals surface area contributed by atoms with Crippen LogP contribution in [-0.2, 0) is 13.0 Å². The summed E-state index contributed by atoms with van der Waals surface area (Å²) >= 11 is 0. The van der Waals surface area contributed by atoms with E-state index in [4.69, 9.17) is 4.74 Å². The molecule has 0 aliphatic heterocycles. The summed E-state index contributed by atoms with van der Waals surface area (Å²) in [5, 5.41) is 1.18. The number of aryl methyl sites for hydroxylation is 1. The van der Waals surface area contributed by atoms with Gasteiger partial charge in [-0.1, -0.05) is 0 Å². The number of carbonyl (C=O) groups excluding carboxylic acids is 1. The van der Waals surface area contributed by atoms with Crippen molar-refractivity contribution in [2.45, 2.75) is 25.8 Å². The number of hydrogen-bond acceptors (Lipinski definition) is 3. The number of nitrogens with zero attached hydrogens (tertiary/aromatic N) is 2. The molecule has 1 aliphatic carbocycles. The van der Waals surface area contributed by atoms with Crippen LogP contribution in [0.3, 0.4) is 0 Å². The van der Waals surface area contributed by atoms with E-state index in [0.29, 0.717) is 6.42 Å². The van der Waals surface area contributed by atoms with Gasteiger partial charge in [0.1, 0.15) is 5.75 Å². The van der Waals surface area contributed by atoms with E-state index < -0.39 is 0 Å². The van der Waals surface area contributed by atoms with Gasteiger partial charge in [0.15, 0.2) is 5.78 Å². The second-order valence-electron chi connectivity index (χ2n) is 5.94. The van der Waals surface area contributed by atoms with Gasteiger partial charge in [-0.15, -0.1) is 0 Å². The fourth-order valence-electron chi connectivity index (χ4n) is 3.18. The predicted molar refractivity (Wildman–Crippen MR) is 84.3 cm³/mol. The van der Waals surface area contributed by atoms with Crippen molar-refractivity contribution in [2.75, 3.05) is 27.7 Å². The lowest BCUT2D eigenvalue weighted by atomic mass is 9.94. The molecule has 4 nitrogen and oxygen atoms in total. The fourth-order valence-corrected chi connectivity index (χ4v) is 3.18. The van der Waals surface area contributed by atoms with Crippen LogP contribution in [0, 0.1) is 0 Å². The average molecular weight is 286 g/mol. The number of methoxy groups -OCH3 is 1. The molecule has 0 N–H and O–H groups in total. The van der Waals surface area contributed by atoms with Crippen molar-refractivity contribution in [1.82, 2.24) is 9.47 Å². The number of rotatable bonds is 4. The predicted octanol–water partition coefficient (Wildman–Crippen LogP) is 2.73. The van der Waals surface area contributed by atoms with Crippen molar-refractivity contribution < 1.29 is 9.53 Å². The molecule has 0 amide bonds. The number of ether oxygens (including phenoxy) is 1. The SMILES string of the molecule is COc1ccc2c(c1)c1c(n2CCN(C)C)C(=O)CCC1. The lowest BCUT2D eigenvalue weighted by Crippen LogP contribution is -2.22. The van der Waals surface area contributed by atoms with Crippen LogP contribution in [-0.4, -0.2) is 43.0 Å². The lowest BCUT2D eigenvalue weighted by Gasteiger charge is -2.16. The molecule has 112 valence electrons. The van der Waals surface area contributed by atoms with E-state index in [1.165, 1.54) is 10.9 Å². The Morgan fingerprint density at radius 1 is 1.29 bits per heavy atom. The summed E-state index contributed by atoms with van der Waals surface area (Å²) < 4.78 is 7.55. The second kappa shape index (κ2) is 5.53. The average Bonchev–Trinajstić information content (AvgIpc) is 2.79. The van der Waals surface area contributed by atoms with Gasteiger partial charge in [-0.05, 0) is 50.7 Å². The maximum atomic E-state index is 12.4. The number of carbonyl (C=O) groups is 1. The summed E-state index contributed by atoms with van der Waals surface area (Å²) in [7, 11) is 5.80. The van der Waals surface area contributed by atoms with E-state index in [-0.39, 0.29) is 5.78 Å². The van der Waals surface area contributed by atoms with E-state index in [9.17, 15) is 4.79 Å². The third-order valence-corrected chi connectivity index (χ3v) is 4.24. The molecule has 0 atom stereocenters. The van der Waals surface area contributed by atoms with Crippen molar-refractivity contribution in [1.29, 1.82) is 0 Å². The van der Waals surface area contributed by atoms with Crippen LogP contribution in [0.2, 0.25) is 0 Å². The maximum absolute atomic E-state index is 12.4. The Morgan fingerprint density at radius 2 is 2.10 bits per heavy atom. The zero-order valence-corrected chi connectivity index (χ0v) is 13.0. The van der Waals surface area contributed by atoms with Crippen molar-refractivity contribution in [3.63, 3.8) is 0 Å². The minimum absolute atomic E-state index is 0.283. The van der Waals surface area contributed by atoms with E-state index in [1.54, 1.807) is 7.11 Å². The first-order chi connectivity index (χ1) is 10.1. The van der Waals surface area contributed by atoms with Crippen LogP contribution >= 0.6 is 0 Å². The molecule has 3 rings (SSSR count). The Morgan fingerprint density at radius 3 is 2.81 bits per heavy atom. The largest absolute Gasteiger partial charge is 0.497 e. The Hall–Kier alpha value is -1.81. The van der Waals surface area contributed by atoms with Gasteiger partial charge in [0.25, 0.3) is 0 Å². The number of likely N-dealkylation sites (N-methyl/N-ethyl adjacent to an activating group) is 1. The molecule has 4 heteroatoms. The van der Waals surface area contributed by atoms with Gasteiger partial charge in [-0.25, -0.2) is 0 Å². The first-order valence-corrected chi connectivity index (χ1v) is 7.49. The molecule has 0 radical (unpaired) electrons. The maximum Gasteiger partial charge on any atom is 0.179 e. The number of fused-ring (bicyclic) bond motifs is 3. The molecule has 0 spiro atoms. The van der Waals surface area contributed by atoms with Crippen LogP contribution in [0.5, 0.6) is 5.75 Å². The van der Waals surface area contributed by atoms with Crippen LogP contribution < -0.4 is 4.74 Å². The summed E-state index contributed by atoms with van der Waals surface area (Å²) in [6.07, 6.45) is 2.61. The molecule has 1 heterocycles. The molecule has 0 saturated heterocycles. The molecular formula is C17H22N2O2. The second-order valence-corrected chi connectivity index (χ2v) is 5.94. The van der Waals surface area contributed by atoms with E-state index in [2.05, 4.69) is 35.7 Å². The topological polar surface area (TPSA) is 34.5 Å². The number of hydrogen-bond donors (Lipinski definition) is 0. The standard InChI is InChI=1S/C17H22N2O2/c1-18(2)9-10-19-15-8-7-12(21-3)11-14(15)13-5-4-6-16(20)17(13)19/h7-8,11H,4-6,9-10H2,1-3H3. The molecule has 0 fully saturated rings. The first-order valence-electron chi connectivity index (χ1n) is 7.49. The van der Waals surface area contributed by atoms with E-state index in [1.807, 2.05) is 6.07 Å². The summed E-state index contributed by atoms with van der Waals surface area (Å²) in [5.74, 6) is 1.14. The summed E-state index contributed by atoms with van der Waals surface area (Å²) in [6.45, 7) is 1.77. The highest BCUT2D eigenvalue weighted by atomic mass is 16.5. The number of ketones is 1. The number of benzene rings is 1. The molecule has 0 saturated carbocycles. The Bertz CT molecular complexity index is 686. The smallest absolute Gasteiger partial charge is 0.179 e. The van der Waals surface area contributed by atoms with Crippen LogP contribution in [0.1, 0.15) is 28.9 Å². The molecule has 2 aromatic rings. The highest BCUT2D eigenvalue weighted by molar-refractivity contribution is 6.04. The first kappa shape index (κ1) is 14.1. The van der Waals surface area contributed by atoms with Gasteiger partial charge in [-0.2, -0.15) is 0 Å². The summed E-state index contributed by atoms with van der Waals surface area (Å²) in [4.78, 5) is 14.6. The zero-order chi connectivity index (χ0) is 15.0. The van der Waals surface area contributed by atoms with Crippen LogP contribution in [0.25, 0.3) is 10.9 Å². The zero-order valence-electron chi connectivity index (χ0n) is 13.0. The van der Waals surface area contributed by atoms with Crippen molar-refractivity contribution >= 4 is 16.7 Å². The van der Waals surface area contributed by atoms with E-state index >= 15 is 0 Å². The Labute approximate surface area is 125 Å². The van der Waals surface area contributed by atoms with Gasteiger partial charge >= 0.3 is 0 Å². The number of Topliss-reactive ketones (excluding diaryl/α,β-unsaturated/α-hetero) is 1. The van der Waals surface area contributed by atoms with Gasteiger partial charge in [-0.3, -0.25) is 4.79 Å². The van der Waals surface area contributed by atoms with Gasteiger partial charge in [0.05, 0.1) is 12.8 Å². The Kier molecular flexibility index (Phi) is 3.72. The summed E-state index contributed by atoms with van der Waals surface area (Å²) in [5.41, 5.74) is 3.28. The highest BCUT2D eigenvalue weighted by Crippen LogP contribution is 2.34. The summed E-state index contributed by atoms with van der Waals surface area (Å²) in [6, 6.07) is 6.12. The quantitative estimate of drug-likeness (QED) is 0.866. The van der Waals surface area contributed by atoms with Gasteiger partial charge < -0.3 is 14.2 Å². The minimum atomic E-state index is 0.283. The Balaban J connectivity index is 2.19. The molecule has 1 aromatic carbocycles. The normalized spacial score (nSPS) is 14.8. The molecule has 1 aromatic heterocycles. The van der Waals surface area contributed by atoms with Gasteiger partial charge in [0, 0.05) is 30.4 Å². The van der Waals surface area contributed by atoms with Crippen molar-refractivity contribution in [3.8, 4) is 5.75 Å². The van der Waals surface area contributed by atoms with Crippen molar-refractivity contribution in [3.05, 3.63) is 29.5 Å². The fraction of sp³-hybridized carbons (Fsp3) is 0.471. The molecule has 21 heavy (non-hydrogen) atoms. The van der Waals surface area contributed by atoms with Crippen LogP contribution in [0.15, 0.2) is 18.2 Å². The molecule has 1 aliphatic rings. The third-order valence-electron chi connectivity index (χ3n) is 4.24. The third kappa shape index (κ3) is 2.44. The molecule has 0 bridgehead atoms. The monoisotopic (exact) mass is 286 g/mol. The van der Waals surface area contributed by atoms with E-state index in [0.717, 1.165) is 42.9 Å². The minimum Gasteiger partial charge on any atom is -0.497 e. The highest BCUT2D eigenvalue weighted by Gasteiger charge is 2.25.